The number of hydrogen-bond donors (Lipinski definition) is 3. The minimum absolute atomic E-state index is 0.00824. The summed E-state index contributed by atoms with van der Waals surface area (Å²) in [4.78, 5) is 12.0. The number of carbonyl (C=O) groups is 1. The molecule has 0 spiro atoms. The molecule has 1 rings (SSSR count). The molecule has 0 atom stereocenters. The number of nitrogen functional groups attached to an aromatic ring is 1. The van der Waals surface area contributed by atoms with Gasteiger partial charge in [-0.15, -0.1) is 0 Å². The van der Waals surface area contributed by atoms with Crippen LogP contribution in [0.5, 0.6) is 5.75 Å². The SMILES string of the molecule is COCC(C)(C)NC(=O)c1cc(O)ccc1N. The Morgan fingerprint density at radius 1 is 1.53 bits per heavy atom. The number of anilines is 1. The number of nitrogens with two attached hydrogens (primary N) is 1. The lowest BCUT2D eigenvalue weighted by Gasteiger charge is -2.25. The van der Waals surface area contributed by atoms with Crippen molar-refractivity contribution in [3.05, 3.63) is 23.8 Å². The van der Waals surface area contributed by atoms with Crippen LogP contribution in [0.3, 0.4) is 0 Å². The van der Waals surface area contributed by atoms with Crippen LogP contribution in [0.25, 0.3) is 0 Å². The Labute approximate surface area is 101 Å². The first kappa shape index (κ1) is 13.3. The van der Waals surface area contributed by atoms with Gasteiger partial charge in [-0.25, -0.2) is 0 Å². The molecule has 0 aliphatic carbocycles. The predicted molar refractivity (Wildman–Crippen MR) is 65.9 cm³/mol. The van der Waals surface area contributed by atoms with Crippen LogP contribution in [0.15, 0.2) is 18.2 Å². The van der Waals surface area contributed by atoms with Gasteiger partial charge in [-0.05, 0) is 32.0 Å². The number of carbonyl (C=O) groups excluding carboxylic acids is 1. The number of amides is 1. The second-order valence-corrected chi connectivity index (χ2v) is 4.54. The van der Waals surface area contributed by atoms with Crippen molar-refractivity contribution in [2.75, 3.05) is 19.5 Å². The minimum Gasteiger partial charge on any atom is -0.508 e. The van der Waals surface area contributed by atoms with E-state index >= 15 is 0 Å². The molecule has 4 N–H and O–H groups in total. The molecule has 0 saturated carbocycles. The van der Waals surface area contributed by atoms with Crippen molar-refractivity contribution in [3.63, 3.8) is 0 Å². The number of ether oxygens (including phenoxy) is 1. The summed E-state index contributed by atoms with van der Waals surface area (Å²) in [5.74, 6) is -0.325. The Balaban J connectivity index is 2.86. The van der Waals surface area contributed by atoms with Crippen molar-refractivity contribution in [2.24, 2.45) is 0 Å². The van der Waals surface area contributed by atoms with Gasteiger partial charge in [0.25, 0.3) is 5.91 Å². The largest absolute Gasteiger partial charge is 0.508 e. The highest BCUT2D eigenvalue weighted by atomic mass is 16.5. The van der Waals surface area contributed by atoms with E-state index in [9.17, 15) is 9.90 Å². The monoisotopic (exact) mass is 238 g/mol. The number of benzene rings is 1. The fraction of sp³-hybridized carbons (Fsp3) is 0.417. The molecule has 1 aromatic rings. The van der Waals surface area contributed by atoms with Gasteiger partial charge < -0.3 is 20.9 Å². The molecule has 94 valence electrons. The van der Waals surface area contributed by atoms with E-state index in [4.69, 9.17) is 10.5 Å². The third kappa shape index (κ3) is 3.64. The zero-order chi connectivity index (χ0) is 13.1. The second-order valence-electron chi connectivity index (χ2n) is 4.54. The average Bonchev–Trinajstić information content (AvgIpc) is 2.20. The highest BCUT2D eigenvalue weighted by Gasteiger charge is 2.22. The highest BCUT2D eigenvalue weighted by Crippen LogP contribution is 2.19. The summed E-state index contributed by atoms with van der Waals surface area (Å²) in [5, 5.41) is 12.1. The zero-order valence-corrected chi connectivity index (χ0v) is 10.3. The van der Waals surface area contributed by atoms with Crippen molar-refractivity contribution < 1.29 is 14.6 Å². The fourth-order valence-electron chi connectivity index (χ4n) is 1.51. The van der Waals surface area contributed by atoms with Gasteiger partial charge in [0.1, 0.15) is 5.75 Å². The van der Waals surface area contributed by atoms with E-state index < -0.39 is 5.54 Å². The summed E-state index contributed by atoms with van der Waals surface area (Å²) in [6.45, 7) is 4.07. The first-order valence-corrected chi connectivity index (χ1v) is 5.25. The van der Waals surface area contributed by atoms with E-state index in [0.717, 1.165) is 0 Å². The summed E-state index contributed by atoms with van der Waals surface area (Å²) in [6.07, 6.45) is 0. The van der Waals surface area contributed by atoms with E-state index in [-0.39, 0.29) is 17.2 Å². The van der Waals surface area contributed by atoms with Gasteiger partial charge in [0.05, 0.1) is 17.7 Å². The van der Waals surface area contributed by atoms with Crippen molar-refractivity contribution >= 4 is 11.6 Å². The standard InChI is InChI=1S/C12H18N2O3/c1-12(2,7-17-3)14-11(16)9-6-8(15)4-5-10(9)13/h4-6,15H,7,13H2,1-3H3,(H,14,16). The Morgan fingerprint density at radius 2 is 2.18 bits per heavy atom. The Bertz CT molecular complexity index is 416. The molecule has 0 aromatic heterocycles. The van der Waals surface area contributed by atoms with Gasteiger partial charge >= 0.3 is 0 Å². The van der Waals surface area contributed by atoms with Gasteiger partial charge in [0.2, 0.25) is 0 Å². The van der Waals surface area contributed by atoms with Crippen LogP contribution in [0.2, 0.25) is 0 Å². The molecule has 0 aliphatic heterocycles. The zero-order valence-electron chi connectivity index (χ0n) is 10.3. The fourth-order valence-corrected chi connectivity index (χ4v) is 1.51. The number of methoxy groups -OCH3 is 1. The number of hydrogen-bond acceptors (Lipinski definition) is 4. The number of phenols is 1. The Hall–Kier alpha value is -1.75. The van der Waals surface area contributed by atoms with Crippen LogP contribution >= 0.6 is 0 Å². The molecular weight excluding hydrogens is 220 g/mol. The third-order valence-electron chi connectivity index (χ3n) is 2.24. The normalized spacial score (nSPS) is 11.2. The van der Waals surface area contributed by atoms with Crippen molar-refractivity contribution in [3.8, 4) is 5.75 Å². The smallest absolute Gasteiger partial charge is 0.253 e. The lowest BCUT2D eigenvalue weighted by atomic mass is 10.1. The summed E-state index contributed by atoms with van der Waals surface area (Å²) < 4.78 is 5.00. The van der Waals surface area contributed by atoms with Crippen molar-refractivity contribution in [2.45, 2.75) is 19.4 Å². The first-order chi connectivity index (χ1) is 7.85. The van der Waals surface area contributed by atoms with Gasteiger partial charge in [-0.2, -0.15) is 0 Å². The highest BCUT2D eigenvalue weighted by molar-refractivity contribution is 5.99. The molecule has 17 heavy (non-hydrogen) atoms. The Morgan fingerprint density at radius 3 is 2.76 bits per heavy atom. The van der Waals surface area contributed by atoms with Crippen LogP contribution in [-0.4, -0.2) is 30.3 Å². The van der Waals surface area contributed by atoms with Crippen LogP contribution < -0.4 is 11.1 Å². The van der Waals surface area contributed by atoms with Crippen LogP contribution in [-0.2, 0) is 4.74 Å². The average molecular weight is 238 g/mol. The molecule has 1 amide bonds. The number of aromatic hydroxyl groups is 1. The molecule has 0 bridgehead atoms. The molecule has 0 radical (unpaired) electrons. The number of phenolic OH excluding ortho intramolecular Hbond substituents is 1. The molecule has 0 saturated heterocycles. The maximum Gasteiger partial charge on any atom is 0.253 e. The topological polar surface area (TPSA) is 84.6 Å². The van der Waals surface area contributed by atoms with E-state index in [1.165, 1.54) is 18.2 Å². The van der Waals surface area contributed by atoms with Gasteiger partial charge in [0, 0.05) is 12.8 Å². The molecule has 1 aromatic carbocycles. The lowest BCUT2D eigenvalue weighted by molar-refractivity contribution is 0.0820. The molecule has 0 fully saturated rings. The first-order valence-electron chi connectivity index (χ1n) is 5.25. The molecule has 5 heteroatoms. The minimum atomic E-state index is -0.496. The molecular formula is C12H18N2O3. The summed E-state index contributed by atoms with van der Waals surface area (Å²) in [7, 11) is 1.57. The predicted octanol–water partition coefficient (Wildman–Crippen LogP) is 1.13. The van der Waals surface area contributed by atoms with E-state index in [1.807, 2.05) is 13.8 Å². The van der Waals surface area contributed by atoms with Gasteiger partial charge in [-0.1, -0.05) is 0 Å². The summed E-state index contributed by atoms with van der Waals surface area (Å²) in [5.41, 5.74) is 5.77. The Kier molecular flexibility index (Phi) is 3.96. The third-order valence-corrected chi connectivity index (χ3v) is 2.24. The number of nitrogens with one attached hydrogen (secondary N) is 1. The quantitative estimate of drug-likeness (QED) is 0.542. The molecule has 0 aliphatic rings. The van der Waals surface area contributed by atoms with Crippen LogP contribution in [0.1, 0.15) is 24.2 Å². The van der Waals surface area contributed by atoms with Crippen molar-refractivity contribution in [1.82, 2.24) is 5.32 Å². The molecule has 0 heterocycles. The van der Waals surface area contributed by atoms with Crippen LogP contribution in [0, 0.1) is 0 Å². The van der Waals surface area contributed by atoms with Gasteiger partial charge in [0.15, 0.2) is 0 Å². The molecule has 5 nitrogen and oxygen atoms in total. The van der Waals surface area contributed by atoms with Crippen molar-refractivity contribution in [1.29, 1.82) is 0 Å². The van der Waals surface area contributed by atoms with Crippen LogP contribution in [0.4, 0.5) is 5.69 Å². The second kappa shape index (κ2) is 5.05. The van der Waals surface area contributed by atoms with E-state index in [2.05, 4.69) is 5.32 Å². The summed E-state index contributed by atoms with van der Waals surface area (Å²) in [6, 6.07) is 4.27. The van der Waals surface area contributed by atoms with Gasteiger partial charge in [-0.3, -0.25) is 4.79 Å². The lowest BCUT2D eigenvalue weighted by Crippen LogP contribution is -2.46. The maximum absolute atomic E-state index is 12.0. The number of rotatable bonds is 4. The summed E-state index contributed by atoms with van der Waals surface area (Å²) >= 11 is 0. The molecule has 0 unspecified atom stereocenters. The van der Waals surface area contributed by atoms with E-state index in [1.54, 1.807) is 7.11 Å². The maximum atomic E-state index is 12.0. The van der Waals surface area contributed by atoms with E-state index in [0.29, 0.717) is 12.3 Å².